The number of H-pyrrole nitrogens is 1. The SMILES string of the molecule is O=C(O)CCC(NC(=O)C1CCCN1)C(=O)NC(Cc1ccc(O)cc1)C(=O)NC(Cc1c[nH]c2ccccc12)C(=O)O. The molecule has 13 nitrogen and oxygen atoms in total. The molecule has 4 rings (SSSR count). The number of para-hydroxylation sites is 1. The van der Waals surface area contributed by atoms with Crippen LogP contribution in [0.4, 0.5) is 0 Å². The van der Waals surface area contributed by atoms with E-state index >= 15 is 0 Å². The lowest BCUT2D eigenvalue weighted by atomic mass is 10.0. The molecule has 1 aromatic heterocycles. The van der Waals surface area contributed by atoms with Gasteiger partial charge in [0.05, 0.1) is 6.04 Å². The van der Waals surface area contributed by atoms with Gasteiger partial charge in [-0.25, -0.2) is 4.79 Å². The fraction of sp³-hybridized carbons (Fsp3) is 0.367. The molecule has 13 heteroatoms. The average Bonchev–Trinajstić information content (AvgIpc) is 3.66. The third kappa shape index (κ3) is 8.55. The average molecular weight is 594 g/mol. The number of phenols is 1. The van der Waals surface area contributed by atoms with Crippen molar-refractivity contribution in [3.8, 4) is 5.75 Å². The topological polar surface area (TPSA) is 210 Å². The second kappa shape index (κ2) is 14.3. The number of hydrogen-bond donors (Lipinski definition) is 8. The highest BCUT2D eigenvalue weighted by Crippen LogP contribution is 2.19. The van der Waals surface area contributed by atoms with Gasteiger partial charge in [-0.15, -0.1) is 0 Å². The maximum Gasteiger partial charge on any atom is 0.326 e. The number of aromatic hydroxyl groups is 1. The van der Waals surface area contributed by atoms with Gasteiger partial charge < -0.3 is 41.6 Å². The number of rotatable bonds is 14. The third-order valence-electron chi connectivity index (χ3n) is 7.38. The highest BCUT2D eigenvalue weighted by atomic mass is 16.4. The van der Waals surface area contributed by atoms with Gasteiger partial charge in [-0.2, -0.15) is 0 Å². The summed E-state index contributed by atoms with van der Waals surface area (Å²) in [7, 11) is 0. The lowest BCUT2D eigenvalue weighted by Crippen LogP contribution is -2.57. The van der Waals surface area contributed by atoms with E-state index in [-0.39, 0.29) is 25.0 Å². The molecule has 0 saturated carbocycles. The monoisotopic (exact) mass is 593 g/mol. The first-order valence-electron chi connectivity index (χ1n) is 14.0. The standard InChI is InChI=1S/C30H35N5O8/c36-19-9-7-17(8-10-19)14-24(34-28(40)23(11-12-26(37)38)33-27(39)22-6-3-13-31-22)29(41)35-25(30(42)43)15-18-16-32-21-5-2-1-4-20(18)21/h1-2,4-5,7-10,16,22-25,31-32,36H,3,6,11-15H2,(H,33,39)(H,34,40)(H,35,41)(H,37,38)(H,42,43). The van der Waals surface area contributed by atoms with Crippen molar-refractivity contribution in [1.82, 2.24) is 26.3 Å². The number of hydrogen-bond acceptors (Lipinski definition) is 7. The van der Waals surface area contributed by atoms with Gasteiger partial charge >= 0.3 is 11.9 Å². The van der Waals surface area contributed by atoms with E-state index in [1.54, 1.807) is 18.3 Å². The molecule has 8 N–H and O–H groups in total. The van der Waals surface area contributed by atoms with Crippen LogP contribution in [0, 0.1) is 0 Å². The van der Waals surface area contributed by atoms with Crippen molar-refractivity contribution in [2.24, 2.45) is 0 Å². The van der Waals surface area contributed by atoms with Gasteiger partial charge in [0.1, 0.15) is 23.9 Å². The molecular formula is C30H35N5O8. The number of phenolic OH excluding ortho intramolecular Hbond substituents is 1. The maximum absolute atomic E-state index is 13.5. The molecule has 3 aromatic rings. The third-order valence-corrected chi connectivity index (χ3v) is 7.38. The summed E-state index contributed by atoms with van der Waals surface area (Å²) in [4.78, 5) is 66.2. The zero-order valence-electron chi connectivity index (χ0n) is 23.3. The Labute approximate surface area is 247 Å². The van der Waals surface area contributed by atoms with Crippen LogP contribution in [0.3, 0.4) is 0 Å². The van der Waals surface area contributed by atoms with E-state index in [4.69, 9.17) is 0 Å². The van der Waals surface area contributed by atoms with Crippen LogP contribution in [0.1, 0.15) is 36.8 Å². The highest BCUT2D eigenvalue weighted by Gasteiger charge is 2.32. The van der Waals surface area contributed by atoms with E-state index < -0.39 is 60.2 Å². The summed E-state index contributed by atoms with van der Waals surface area (Å²) in [5, 5.41) is 40.3. The Kier molecular flexibility index (Phi) is 10.3. The number of benzene rings is 2. The van der Waals surface area contributed by atoms with Crippen molar-refractivity contribution in [2.75, 3.05) is 6.54 Å². The first-order valence-corrected chi connectivity index (χ1v) is 14.0. The van der Waals surface area contributed by atoms with Gasteiger partial charge in [0, 0.05) is 36.4 Å². The van der Waals surface area contributed by atoms with Crippen LogP contribution in [0.5, 0.6) is 5.75 Å². The molecule has 0 radical (unpaired) electrons. The van der Waals surface area contributed by atoms with Gasteiger partial charge in [-0.05, 0) is 55.1 Å². The second-order valence-corrected chi connectivity index (χ2v) is 10.5. The number of carbonyl (C=O) groups excluding carboxylic acids is 3. The first kappa shape index (κ1) is 31.0. The zero-order chi connectivity index (χ0) is 30.9. The van der Waals surface area contributed by atoms with E-state index in [2.05, 4.69) is 26.3 Å². The second-order valence-electron chi connectivity index (χ2n) is 10.5. The van der Waals surface area contributed by atoms with E-state index in [1.165, 1.54) is 12.1 Å². The molecule has 4 atom stereocenters. The number of carboxylic acids is 2. The van der Waals surface area contributed by atoms with Crippen LogP contribution >= 0.6 is 0 Å². The largest absolute Gasteiger partial charge is 0.508 e. The molecule has 228 valence electrons. The summed E-state index contributed by atoms with van der Waals surface area (Å²) in [5.41, 5.74) is 2.05. The summed E-state index contributed by atoms with van der Waals surface area (Å²) in [6.07, 6.45) is 2.30. The molecule has 1 saturated heterocycles. The summed E-state index contributed by atoms with van der Waals surface area (Å²) in [6.45, 7) is 0.641. The minimum absolute atomic E-state index is 0.00423. The maximum atomic E-state index is 13.5. The van der Waals surface area contributed by atoms with Crippen LogP contribution in [0.2, 0.25) is 0 Å². The smallest absolute Gasteiger partial charge is 0.326 e. The Hall–Kier alpha value is -4.91. The minimum atomic E-state index is -1.33. The molecule has 0 aliphatic carbocycles. The Morgan fingerprint density at radius 2 is 1.56 bits per heavy atom. The van der Waals surface area contributed by atoms with Crippen molar-refractivity contribution < 1.29 is 39.3 Å². The normalized spacial score (nSPS) is 16.6. The van der Waals surface area contributed by atoms with Gasteiger partial charge in [-0.1, -0.05) is 30.3 Å². The number of aliphatic carboxylic acids is 2. The fourth-order valence-corrected chi connectivity index (χ4v) is 5.06. The minimum Gasteiger partial charge on any atom is -0.508 e. The number of aromatic nitrogens is 1. The number of amides is 3. The lowest BCUT2D eigenvalue weighted by molar-refractivity contribution is -0.142. The summed E-state index contributed by atoms with van der Waals surface area (Å²) in [6, 6.07) is 8.89. The number of aromatic amines is 1. The highest BCUT2D eigenvalue weighted by molar-refractivity contribution is 5.94. The van der Waals surface area contributed by atoms with Crippen molar-refractivity contribution in [3.63, 3.8) is 0 Å². The van der Waals surface area contributed by atoms with Crippen LogP contribution in [0.15, 0.2) is 54.7 Å². The van der Waals surface area contributed by atoms with Gasteiger partial charge in [0.2, 0.25) is 17.7 Å². The molecule has 2 aromatic carbocycles. The molecule has 0 spiro atoms. The Morgan fingerprint density at radius 1 is 0.860 bits per heavy atom. The molecule has 1 aliphatic rings. The summed E-state index contributed by atoms with van der Waals surface area (Å²) in [5.74, 6) is -4.46. The molecule has 43 heavy (non-hydrogen) atoms. The number of nitrogens with one attached hydrogen (secondary N) is 5. The molecular weight excluding hydrogens is 558 g/mol. The van der Waals surface area contributed by atoms with Gasteiger partial charge in [0.25, 0.3) is 0 Å². The molecule has 2 heterocycles. The Morgan fingerprint density at radius 3 is 2.23 bits per heavy atom. The molecule has 3 amide bonds. The predicted molar refractivity (Wildman–Crippen MR) is 155 cm³/mol. The first-order chi connectivity index (χ1) is 20.6. The number of carboxylic acid groups (broad SMARTS) is 2. The molecule has 4 unspecified atom stereocenters. The summed E-state index contributed by atoms with van der Waals surface area (Å²) < 4.78 is 0. The number of carbonyl (C=O) groups is 5. The summed E-state index contributed by atoms with van der Waals surface area (Å²) >= 11 is 0. The van der Waals surface area contributed by atoms with Gasteiger partial charge in [0.15, 0.2) is 0 Å². The van der Waals surface area contributed by atoms with Crippen molar-refractivity contribution in [3.05, 3.63) is 65.9 Å². The Bertz CT molecular complexity index is 1460. The quantitative estimate of drug-likeness (QED) is 0.133. The van der Waals surface area contributed by atoms with Crippen LogP contribution in [-0.2, 0) is 36.8 Å². The predicted octanol–water partition coefficient (Wildman–Crippen LogP) is 0.815. The number of fused-ring (bicyclic) bond motifs is 1. The van der Waals surface area contributed by atoms with E-state index in [1.807, 2.05) is 24.3 Å². The van der Waals surface area contributed by atoms with Gasteiger partial charge in [-0.3, -0.25) is 19.2 Å². The fourth-order valence-electron chi connectivity index (χ4n) is 5.06. The molecule has 0 bridgehead atoms. The van der Waals surface area contributed by atoms with E-state index in [9.17, 15) is 39.3 Å². The lowest BCUT2D eigenvalue weighted by Gasteiger charge is -2.25. The van der Waals surface area contributed by atoms with Crippen molar-refractivity contribution >= 4 is 40.6 Å². The Balaban J connectivity index is 1.53. The van der Waals surface area contributed by atoms with E-state index in [0.29, 0.717) is 24.1 Å². The van der Waals surface area contributed by atoms with Crippen LogP contribution in [0.25, 0.3) is 10.9 Å². The van der Waals surface area contributed by atoms with Crippen molar-refractivity contribution in [1.29, 1.82) is 0 Å². The molecule has 1 fully saturated rings. The zero-order valence-corrected chi connectivity index (χ0v) is 23.3. The van der Waals surface area contributed by atoms with Crippen LogP contribution < -0.4 is 21.3 Å². The van der Waals surface area contributed by atoms with Crippen molar-refractivity contribution in [2.45, 2.75) is 62.7 Å². The molecule has 1 aliphatic heterocycles. The van der Waals surface area contributed by atoms with E-state index in [0.717, 1.165) is 17.3 Å². The van der Waals surface area contributed by atoms with Crippen LogP contribution in [-0.4, -0.2) is 80.7 Å².